The van der Waals surface area contributed by atoms with E-state index in [1.165, 1.54) is 9.71 Å². The average Bonchev–Trinajstić information content (AvgIpc) is 2.59. The predicted octanol–water partition coefficient (Wildman–Crippen LogP) is 4.13. The van der Waals surface area contributed by atoms with Gasteiger partial charge in [-0.15, -0.1) is 11.3 Å². The number of para-hydroxylation sites is 1. The molecular weight excluding hydrogens is 202 g/mol. The Kier molecular flexibility index (Phi) is 3.06. The van der Waals surface area contributed by atoms with Gasteiger partial charge in [-0.2, -0.15) is 0 Å². The van der Waals surface area contributed by atoms with Crippen molar-refractivity contribution in [2.75, 3.05) is 0 Å². The highest BCUT2D eigenvalue weighted by Crippen LogP contribution is 2.25. The fraction of sp³-hybridized carbons (Fsp3) is 0.462. The second-order valence-corrected chi connectivity index (χ2v) is 5.62. The third-order valence-electron chi connectivity index (χ3n) is 2.97. The van der Waals surface area contributed by atoms with Crippen LogP contribution in [0.1, 0.15) is 25.8 Å². The summed E-state index contributed by atoms with van der Waals surface area (Å²) in [5, 5.41) is 1.28. The summed E-state index contributed by atoms with van der Waals surface area (Å²) in [4.78, 5) is 4.65. The molecule has 1 atom stereocenters. The quantitative estimate of drug-likeness (QED) is 0.756. The third-order valence-corrected chi connectivity index (χ3v) is 4.03. The van der Waals surface area contributed by atoms with Crippen molar-refractivity contribution in [1.82, 2.24) is 4.98 Å². The molecule has 0 saturated carbocycles. The molecule has 0 aliphatic heterocycles. The number of fused-ring (bicyclic) bond motifs is 1. The highest BCUT2D eigenvalue weighted by atomic mass is 32.1. The molecule has 0 radical (unpaired) electrons. The van der Waals surface area contributed by atoms with E-state index in [9.17, 15) is 0 Å². The molecule has 80 valence electrons. The Morgan fingerprint density at radius 3 is 2.60 bits per heavy atom. The summed E-state index contributed by atoms with van der Waals surface area (Å²) >= 11 is 1.83. The van der Waals surface area contributed by atoms with Gasteiger partial charge in [-0.1, -0.05) is 32.9 Å². The molecule has 1 heterocycles. The van der Waals surface area contributed by atoms with E-state index in [1.54, 1.807) is 0 Å². The van der Waals surface area contributed by atoms with Crippen molar-refractivity contribution in [3.05, 3.63) is 29.3 Å². The minimum Gasteiger partial charge on any atom is -0.241 e. The summed E-state index contributed by atoms with van der Waals surface area (Å²) < 4.78 is 1.31. The maximum Gasteiger partial charge on any atom is 0.0941 e. The van der Waals surface area contributed by atoms with Crippen LogP contribution in [0.2, 0.25) is 0 Å². The number of thiazole rings is 1. The lowest BCUT2D eigenvalue weighted by Crippen LogP contribution is -2.06. The topological polar surface area (TPSA) is 12.9 Å². The van der Waals surface area contributed by atoms with Crippen molar-refractivity contribution < 1.29 is 0 Å². The maximum atomic E-state index is 4.65. The van der Waals surface area contributed by atoms with Crippen LogP contribution in [0.15, 0.2) is 24.3 Å². The Morgan fingerprint density at radius 1 is 1.20 bits per heavy atom. The van der Waals surface area contributed by atoms with Crippen LogP contribution in [-0.2, 0) is 6.42 Å². The fourth-order valence-electron chi connectivity index (χ4n) is 1.52. The number of rotatable bonds is 3. The van der Waals surface area contributed by atoms with E-state index in [-0.39, 0.29) is 0 Å². The van der Waals surface area contributed by atoms with Crippen molar-refractivity contribution in [2.45, 2.75) is 27.2 Å². The molecule has 2 heteroatoms. The van der Waals surface area contributed by atoms with Gasteiger partial charge in [0.2, 0.25) is 0 Å². The van der Waals surface area contributed by atoms with E-state index >= 15 is 0 Å². The fourth-order valence-corrected chi connectivity index (χ4v) is 2.63. The second-order valence-electron chi connectivity index (χ2n) is 4.50. The highest BCUT2D eigenvalue weighted by molar-refractivity contribution is 7.18. The molecule has 0 aliphatic carbocycles. The van der Waals surface area contributed by atoms with Gasteiger partial charge < -0.3 is 0 Å². The van der Waals surface area contributed by atoms with Crippen molar-refractivity contribution in [3.63, 3.8) is 0 Å². The van der Waals surface area contributed by atoms with Crippen LogP contribution in [0, 0.1) is 11.8 Å². The van der Waals surface area contributed by atoms with Crippen LogP contribution in [0.4, 0.5) is 0 Å². The Balaban J connectivity index is 2.22. The molecule has 1 aromatic heterocycles. The molecule has 0 aliphatic rings. The van der Waals surface area contributed by atoms with Gasteiger partial charge in [-0.25, -0.2) is 4.98 Å². The molecular formula is C13H17NS. The Morgan fingerprint density at radius 2 is 1.93 bits per heavy atom. The normalized spacial score (nSPS) is 13.6. The SMILES string of the molecule is CC(C)C(C)Cc1nc2ccccc2s1. The van der Waals surface area contributed by atoms with Gasteiger partial charge >= 0.3 is 0 Å². The zero-order chi connectivity index (χ0) is 10.8. The highest BCUT2D eigenvalue weighted by Gasteiger charge is 2.11. The summed E-state index contributed by atoms with van der Waals surface area (Å²) in [6.07, 6.45) is 1.11. The van der Waals surface area contributed by atoms with Crippen molar-refractivity contribution in [2.24, 2.45) is 11.8 Å². The van der Waals surface area contributed by atoms with E-state index in [2.05, 4.69) is 50.0 Å². The lowest BCUT2D eigenvalue weighted by molar-refractivity contribution is 0.417. The van der Waals surface area contributed by atoms with E-state index < -0.39 is 0 Å². The molecule has 0 bridgehead atoms. The summed E-state index contributed by atoms with van der Waals surface area (Å²) in [5.74, 6) is 1.45. The van der Waals surface area contributed by atoms with Crippen molar-refractivity contribution in [1.29, 1.82) is 0 Å². The monoisotopic (exact) mass is 219 g/mol. The molecule has 1 aromatic carbocycles. The largest absolute Gasteiger partial charge is 0.241 e. The number of aromatic nitrogens is 1. The standard InChI is InChI=1S/C13H17NS/c1-9(2)10(3)8-13-14-11-6-4-5-7-12(11)15-13/h4-7,9-10H,8H2,1-3H3. The Bertz CT molecular complexity index is 411. The Labute approximate surface area is 95.2 Å². The van der Waals surface area contributed by atoms with Crippen LogP contribution >= 0.6 is 11.3 Å². The van der Waals surface area contributed by atoms with Gasteiger partial charge in [0.15, 0.2) is 0 Å². The predicted molar refractivity (Wildman–Crippen MR) is 67.3 cm³/mol. The second kappa shape index (κ2) is 4.31. The van der Waals surface area contributed by atoms with Crippen LogP contribution in [0.25, 0.3) is 10.2 Å². The van der Waals surface area contributed by atoms with E-state index in [4.69, 9.17) is 0 Å². The summed E-state index contributed by atoms with van der Waals surface area (Å²) in [5.41, 5.74) is 1.15. The van der Waals surface area contributed by atoms with E-state index in [0.29, 0.717) is 5.92 Å². The van der Waals surface area contributed by atoms with Gasteiger partial charge in [0.25, 0.3) is 0 Å². The number of hydrogen-bond acceptors (Lipinski definition) is 2. The molecule has 1 unspecified atom stereocenters. The van der Waals surface area contributed by atoms with Crippen LogP contribution < -0.4 is 0 Å². The van der Waals surface area contributed by atoms with Crippen LogP contribution in [-0.4, -0.2) is 4.98 Å². The number of nitrogens with zero attached hydrogens (tertiary/aromatic N) is 1. The summed E-state index contributed by atoms with van der Waals surface area (Å²) in [7, 11) is 0. The first kappa shape index (κ1) is 10.6. The minimum atomic E-state index is 0.713. The average molecular weight is 219 g/mol. The summed E-state index contributed by atoms with van der Waals surface area (Å²) in [6.45, 7) is 6.85. The molecule has 0 fully saturated rings. The summed E-state index contributed by atoms with van der Waals surface area (Å²) in [6, 6.07) is 8.37. The third kappa shape index (κ3) is 2.37. The van der Waals surface area contributed by atoms with Gasteiger partial charge in [0.05, 0.1) is 15.2 Å². The van der Waals surface area contributed by atoms with Crippen molar-refractivity contribution >= 4 is 21.6 Å². The molecule has 2 aromatic rings. The van der Waals surface area contributed by atoms with Gasteiger partial charge in [-0.3, -0.25) is 0 Å². The first-order valence-electron chi connectivity index (χ1n) is 5.51. The van der Waals surface area contributed by atoms with Gasteiger partial charge in [0, 0.05) is 6.42 Å². The lowest BCUT2D eigenvalue weighted by Gasteiger charge is -2.12. The van der Waals surface area contributed by atoms with Crippen molar-refractivity contribution in [3.8, 4) is 0 Å². The minimum absolute atomic E-state index is 0.713. The van der Waals surface area contributed by atoms with E-state index in [0.717, 1.165) is 17.9 Å². The zero-order valence-electron chi connectivity index (χ0n) is 9.53. The first-order valence-corrected chi connectivity index (χ1v) is 6.33. The zero-order valence-corrected chi connectivity index (χ0v) is 10.3. The molecule has 2 rings (SSSR count). The maximum absolute atomic E-state index is 4.65. The molecule has 1 nitrogen and oxygen atoms in total. The van der Waals surface area contributed by atoms with Gasteiger partial charge in [-0.05, 0) is 24.0 Å². The lowest BCUT2D eigenvalue weighted by atomic mass is 9.95. The molecule has 0 N–H and O–H groups in total. The smallest absolute Gasteiger partial charge is 0.0941 e. The van der Waals surface area contributed by atoms with E-state index in [1.807, 2.05) is 11.3 Å². The van der Waals surface area contributed by atoms with Crippen LogP contribution in [0.5, 0.6) is 0 Å². The molecule has 0 amide bonds. The number of benzene rings is 1. The molecule has 0 spiro atoms. The Hall–Kier alpha value is -0.890. The molecule has 15 heavy (non-hydrogen) atoms. The molecule has 0 saturated heterocycles. The first-order chi connectivity index (χ1) is 7.16. The number of hydrogen-bond donors (Lipinski definition) is 0. The van der Waals surface area contributed by atoms with Crippen LogP contribution in [0.3, 0.4) is 0 Å². The van der Waals surface area contributed by atoms with Gasteiger partial charge in [0.1, 0.15) is 0 Å².